The molecule has 0 saturated carbocycles. The number of hydrogen-bond acceptors (Lipinski definition) is 0. The van der Waals surface area contributed by atoms with Crippen molar-refractivity contribution in [2.24, 2.45) is 0 Å². The monoisotopic (exact) mass is 290 g/mol. The zero-order valence-corrected chi connectivity index (χ0v) is 14.3. The van der Waals surface area contributed by atoms with Crippen LogP contribution in [0.5, 0.6) is 0 Å². The SMILES string of the molecule is CCCCC1=C(c2ccc(C)cc2)c2c(C)cc(C)cc2C1. The van der Waals surface area contributed by atoms with E-state index in [0.717, 1.165) is 6.42 Å². The van der Waals surface area contributed by atoms with Gasteiger partial charge in [0.15, 0.2) is 0 Å². The molecule has 2 aromatic rings. The summed E-state index contributed by atoms with van der Waals surface area (Å²) in [5.41, 5.74) is 11.7. The van der Waals surface area contributed by atoms with Gasteiger partial charge in [0.2, 0.25) is 0 Å². The number of rotatable bonds is 4. The van der Waals surface area contributed by atoms with Crippen molar-refractivity contribution in [3.63, 3.8) is 0 Å². The maximum atomic E-state index is 2.38. The van der Waals surface area contributed by atoms with Gasteiger partial charge in [-0.2, -0.15) is 0 Å². The molecule has 0 heterocycles. The summed E-state index contributed by atoms with van der Waals surface area (Å²) in [6.45, 7) is 8.92. The summed E-state index contributed by atoms with van der Waals surface area (Å²) in [4.78, 5) is 0. The maximum Gasteiger partial charge on any atom is -0.00513 e. The first kappa shape index (κ1) is 15.1. The molecule has 0 heteroatoms. The Balaban J connectivity index is 2.14. The van der Waals surface area contributed by atoms with Gasteiger partial charge in [-0.3, -0.25) is 0 Å². The highest BCUT2D eigenvalue weighted by molar-refractivity contribution is 5.89. The lowest BCUT2D eigenvalue weighted by Crippen LogP contribution is -1.93. The van der Waals surface area contributed by atoms with Crippen molar-refractivity contribution in [2.45, 2.75) is 53.4 Å². The smallest absolute Gasteiger partial charge is 0.00513 e. The Hall–Kier alpha value is -1.82. The van der Waals surface area contributed by atoms with Crippen LogP contribution in [0.25, 0.3) is 5.57 Å². The molecule has 0 saturated heterocycles. The van der Waals surface area contributed by atoms with Gasteiger partial charge in [0.25, 0.3) is 0 Å². The van der Waals surface area contributed by atoms with Gasteiger partial charge in [0.05, 0.1) is 0 Å². The van der Waals surface area contributed by atoms with Crippen LogP contribution in [0.15, 0.2) is 42.0 Å². The first-order chi connectivity index (χ1) is 10.6. The molecule has 1 aliphatic rings. The molecule has 2 aromatic carbocycles. The van der Waals surface area contributed by atoms with Crippen LogP contribution >= 0.6 is 0 Å². The molecule has 0 aromatic heterocycles. The third-order valence-corrected chi connectivity index (χ3v) is 4.74. The Morgan fingerprint density at radius 3 is 2.32 bits per heavy atom. The van der Waals surface area contributed by atoms with Gasteiger partial charge in [-0.25, -0.2) is 0 Å². The van der Waals surface area contributed by atoms with Gasteiger partial charge in [-0.15, -0.1) is 0 Å². The van der Waals surface area contributed by atoms with Crippen LogP contribution in [0.1, 0.15) is 59.6 Å². The van der Waals surface area contributed by atoms with Crippen LogP contribution in [0.4, 0.5) is 0 Å². The van der Waals surface area contributed by atoms with Crippen LogP contribution in [-0.2, 0) is 6.42 Å². The van der Waals surface area contributed by atoms with Crippen LogP contribution in [0, 0.1) is 20.8 Å². The molecule has 0 bridgehead atoms. The highest BCUT2D eigenvalue weighted by Crippen LogP contribution is 2.41. The molecular weight excluding hydrogens is 264 g/mol. The predicted octanol–water partition coefficient (Wildman–Crippen LogP) is 6.16. The molecule has 0 nitrogen and oxygen atoms in total. The largest absolute Gasteiger partial charge is 0.0654 e. The zero-order valence-electron chi connectivity index (χ0n) is 14.3. The predicted molar refractivity (Wildman–Crippen MR) is 96.3 cm³/mol. The average Bonchev–Trinajstić information content (AvgIpc) is 2.84. The van der Waals surface area contributed by atoms with Crippen LogP contribution in [0.3, 0.4) is 0 Å². The first-order valence-electron chi connectivity index (χ1n) is 8.49. The molecule has 0 fully saturated rings. The summed E-state index contributed by atoms with van der Waals surface area (Å²) < 4.78 is 0. The first-order valence-corrected chi connectivity index (χ1v) is 8.49. The summed E-state index contributed by atoms with van der Waals surface area (Å²) >= 11 is 0. The summed E-state index contributed by atoms with van der Waals surface area (Å²) in [5.74, 6) is 0. The second-order valence-electron chi connectivity index (χ2n) is 6.74. The van der Waals surface area contributed by atoms with Gasteiger partial charge in [-0.05, 0) is 67.9 Å². The van der Waals surface area contributed by atoms with E-state index in [1.807, 2.05) is 0 Å². The van der Waals surface area contributed by atoms with Crippen molar-refractivity contribution in [3.8, 4) is 0 Å². The van der Waals surface area contributed by atoms with Crippen molar-refractivity contribution < 1.29 is 0 Å². The van der Waals surface area contributed by atoms with E-state index in [2.05, 4.69) is 64.1 Å². The lowest BCUT2D eigenvalue weighted by molar-refractivity contribution is 0.778. The maximum absolute atomic E-state index is 2.38. The van der Waals surface area contributed by atoms with Crippen molar-refractivity contribution in [2.75, 3.05) is 0 Å². The van der Waals surface area contributed by atoms with E-state index in [-0.39, 0.29) is 0 Å². The average molecular weight is 290 g/mol. The minimum atomic E-state index is 1.14. The highest BCUT2D eigenvalue weighted by Gasteiger charge is 2.24. The van der Waals surface area contributed by atoms with Crippen molar-refractivity contribution in [1.82, 2.24) is 0 Å². The van der Waals surface area contributed by atoms with Gasteiger partial charge in [0.1, 0.15) is 0 Å². The minimum Gasteiger partial charge on any atom is -0.0654 e. The van der Waals surface area contributed by atoms with Gasteiger partial charge < -0.3 is 0 Å². The fourth-order valence-corrected chi connectivity index (χ4v) is 3.72. The third-order valence-electron chi connectivity index (χ3n) is 4.74. The molecule has 0 radical (unpaired) electrons. The Labute approximate surface area is 134 Å². The molecule has 0 atom stereocenters. The molecule has 3 rings (SSSR count). The molecular formula is C22H26. The summed E-state index contributed by atoms with van der Waals surface area (Å²) in [5, 5.41) is 0. The molecule has 114 valence electrons. The molecule has 22 heavy (non-hydrogen) atoms. The topological polar surface area (TPSA) is 0 Å². The molecule has 0 aliphatic heterocycles. The standard InChI is InChI=1S/C22H26/c1-5-6-7-19-14-20-13-16(3)12-17(4)21(20)22(19)18-10-8-15(2)9-11-18/h8-13H,5-7,14H2,1-4H3. The van der Waals surface area contributed by atoms with E-state index in [1.54, 1.807) is 5.57 Å². The lowest BCUT2D eigenvalue weighted by Gasteiger charge is -2.13. The normalized spacial score (nSPS) is 13.6. The quantitative estimate of drug-likeness (QED) is 0.632. The fourth-order valence-electron chi connectivity index (χ4n) is 3.72. The van der Waals surface area contributed by atoms with E-state index < -0.39 is 0 Å². The van der Waals surface area contributed by atoms with Crippen molar-refractivity contribution in [3.05, 3.63) is 75.4 Å². The van der Waals surface area contributed by atoms with E-state index in [0.29, 0.717) is 0 Å². The van der Waals surface area contributed by atoms with Crippen molar-refractivity contribution in [1.29, 1.82) is 0 Å². The summed E-state index contributed by atoms with van der Waals surface area (Å²) in [7, 11) is 0. The molecule has 1 aliphatic carbocycles. The minimum absolute atomic E-state index is 1.14. The Bertz CT molecular complexity index is 714. The Morgan fingerprint density at radius 2 is 1.64 bits per heavy atom. The van der Waals surface area contributed by atoms with E-state index >= 15 is 0 Å². The third kappa shape index (κ3) is 2.75. The highest BCUT2D eigenvalue weighted by atomic mass is 14.3. The molecule has 0 unspecified atom stereocenters. The number of allylic oxidation sites excluding steroid dienone is 1. The summed E-state index contributed by atoms with van der Waals surface area (Å²) in [6.07, 6.45) is 4.92. The number of fused-ring (bicyclic) bond motifs is 1. The van der Waals surface area contributed by atoms with Crippen LogP contribution in [0.2, 0.25) is 0 Å². The van der Waals surface area contributed by atoms with Crippen LogP contribution in [-0.4, -0.2) is 0 Å². The summed E-state index contributed by atoms with van der Waals surface area (Å²) in [6, 6.07) is 13.8. The molecule has 0 spiro atoms. The zero-order chi connectivity index (χ0) is 15.7. The number of unbranched alkanes of at least 4 members (excludes halogenated alkanes) is 1. The van der Waals surface area contributed by atoms with Crippen molar-refractivity contribution >= 4 is 5.57 Å². The molecule has 0 N–H and O–H groups in total. The van der Waals surface area contributed by atoms with Gasteiger partial charge in [0, 0.05) is 0 Å². The van der Waals surface area contributed by atoms with E-state index in [1.165, 1.54) is 58.2 Å². The fraction of sp³-hybridized carbons (Fsp3) is 0.364. The number of hydrogen-bond donors (Lipinski definition) is 0. The number of benzene rings is 2. The second kappa shape index (κ2) is 6.12. The van der Waals surface area contributed by atoms with E-state index in [9.17, 15) is 0 Å². The molecule has 0 amide bonds. The van der Waals surface area contributed by atoms with Crippen LogP contribution < -0.4 is 0 Å². The lowest BCUT2D eigenvalue weighted by atomic mass is 9.92. The Morgan fingerprint density at radius 1 is 0.909 bits per heavy atom. The number of aryl methyl sites for hydroxylation is 3. The van der Waals surface area contributed by atoms with Gasteiger partial charge in [-0.1, -0.05) is 66.4 Å². The van der Waals surface area contributed by atoms with E-state index in [4.69, 9.17) is 0 Å². The van der Waals surface area contributed by atoms with Gasteiger partial charge >= 0.3 is 0 Å². The Kier molecular flexibility index (Phi) is 4.20. The second-order valence-corrected chi connectivity index (χ2v) is 6.74.